The van der Waals surface area contributed by atoms with Gasteiger partial charge in [0.15, 0.2) is 5.60 Å². The van der Waals surface area contributed by atoms with E-state index in [0.29, 0.717) is 6.42 Å². The lowest BCUT2D eigenvalue weighted by Gasteiger charge is -2.27. The molecule has 0 saturated carbocycles. The van der Waals surface area contributed by atoms with Crippen molar-refractivity contribution in [1.82, 2.24) is 0 Å². The molecule has 0 aromatic carbocycles. The number of aliphatic carboxylic acids is 2. The number of carboxylic acid groups (broad SMARTS) is 2. The Hall–Kier alpha value is -1.63. The molecule has 0 aliphatic heterocycles. The van der Waals surface area contributed by atoms with Crippen LogP contribution < -0.4 is 0 Å². The summed E-state index contributed by atoms with van der Waals surface area (Å²) in [6.45, 7) is 6.27. The van der Waals surface area contributed by atoms with Crippen LogP contribution in [0, 0.1) is 5.92 Å². The summed E-state index contributed by atoms with van der Waals surface area (Å²) in [6.07, 6.45) is 7.91. The molecule has 0 amide bonds. The average Bonchev–Trinajstić information content (AvgIpc) is 2.60. The van der Waals surface area contributed by atoms with Crippen molar-refractivity contribution in [3.63, 3.8) is 0 Å². The number of carbonyl (C=O) groups is 3. The molecular weight excluding hydrogens is 364 g/mol. The zero-order valence-electron chi connectivity index (χ0n) is 17.6. The zero-order chi connectivity index (χ0) is 21.6. The summed E-state index contributed by atoms with van der Waals surface area (Å²) >= 11 is 0. The van der Waals surface area contributed by atoms with Gasteiger partial charge in [-0.3, -0.25) is 9.59 Å². The van der Waals surface area contributed by atoms with Gasteiger partial charge in [0.1, 0.15) is 6.10 Å². The van der Waals surface area contributed by atoms with Gasteiger partial charge in [0.2, 0.25) is 0 Å². The van der Waals surface area contributed by atoms with Crippen LogP contribution in [0.2, 0.25) is 0 Å². The first-order chi connectivity index (χ1) is 13.2. The van der Waals surface area contributed by atoms with Crippen LogP contribution in [0.1, 0.15) is 97.8 Å². The minimum Gasteiger partial charge on any atom is -0.481 e. The summed E-state index contributed by atoms with van der Waals surface area (Å²) in [4.78, 5) is 34.4. The van der Waals surface area contributed by atoms with Crippen molar-refractivity contribution in [1.29, 1.82) is 0 Å². The molecule has 3 unspecified atom stereocenters. The van der Waals surface area contributed by atoms with Gasteiger partial charge >= 0.3 is 17.9 Å². The predicted molar refractivity (Wildman–Crippen MR) is 106 cm³/mol. The third-order valence-electron chi connectivity index (χ3n) is 5.05. The Balaban J connectivity index is 4.89. The van der Waals surface area contributed by atoms with Crippen LogP contribution in [0.3, 0.4) is 0 Å². The van der Waals surface area contributed by atoms with E-state index in [9.17, 15) is 19.5 Å². The maximum atomic E-state index is 12.3. The zero-order valence-corrected chi connectivity index (χ0v) is 17.6. The molecule has 28 heavy (non-hydrogen) atoms. The number of esters is 1. The molecule has 0 spiro atoms. The Morgan fingerprint density at radius 3 is 1.86 bits per heavy atom. The number of ether oxygens (including phenoxy) is 1. The van der Waals surface area contributed by atoms with Crippen molar-refractivity contribution in [2.24, 2.45) is 5.92 Å². The number of carboxylic acids is 2. The van der Waals surface area contributed by atoms with Gasteiger partial charge in [-0.05, 0) is 25.2 Å². The van der Waals surface area contributed by atoms with Crippen molar-refractivity contribution < 1.29 is 34.4 Å². The van der Waals surface area contributed by atoms with E-state index in [1.807, 2.05) is 6.92 Å². The fraction of sp³-hybridized carbons (Fsp3) is 0.857. The third-order valence-corrected chi connectivity index (χ3v) is 5.05. The quantitative estimate of drug-likeness (QED) is 0.247. The summed E-state index contributed by atoms with van der Waals surface area (Å²) in [5.74, 6) is -3.97. The van der Waals surface area contributed by atoms with Crippen molar-refractivity contribution in [2.75, 3.05) is 0 Å². The van der Waals surface area contributed by atoms with Gasteiger partial charge in [0.25, 0.3) is 0 Å². The second-order valence-electron chi connectivity index (χ2n) is 7.79. The summed E-state index contributed by atoms with van der Waals surface area (Å²) < 4.78 is 5.52. The van der Waals surface area contributed by atoms with Crippen LogP contribution in [-0.2, 0) is 19.1 Å². The fourth-order valence-corrected chi connectivity index (χ4v) is 3.22. The van der Waals surface area contributed by atoms with E-state index in [4.69, 9.17) is 14.9 Å². The SMILES string of the molecule is CCCCCCC(C)C(CCCCCC)OC(=O)CC(O)(CC(=O)O)C(=O)O. The molecule has 164 valence electrons. The molecule has 7 nitrogen and oxygen atoms in total. The number of hydrogen-bond acceptors (Lipinski definition) is 5. The molecule has 0 fully saturated rings. The highest BCUT2D eigenvalue weighted by Gasteiger charge is 2.42. The first kappa shape index (κ1) is 26.4. The molecular formula is C21H38O7. The van der Waals surface area contributed by atoms with Gasteiger partial charge in [0, 0.05) is 0 Å². The standard InChI is InChI=1S/C21H38O7/c1-4-6-8-10-12-16(3)17(13-11-9-7-5-2)28-19(24)15-21(27,20(25)26)14-18(22)23/h16-17,27H,4-15H2,1-3H3,(H,22,23)(H,25,26). The lowest BCUT2D eigenvalue weighted by Crippen LogP contribution is -2.43. The Morgan fingerprint density at radius 2 is 1.39 bits per heavy atom. The van der Waals surface area contributed by atoms with Gasteiger partial charge in [-0.2, -0.15) is 0 Å². The Morgan fingerprint density at radius 1 is 0.857 bits per heavy atom. The highest BCUT2D eigenvalue weighted by molar-refractivity contribution is 5.88. The van der Waals surface area contributed by atoms with Crippen LogP contribution in [-0.4, -0.2) is 44.9 Å². The Labute approximate surface area is 168 Å². The molecule has 0 aliphatic rings. The summed E-state index contributed by atoms with van der Waals surface area (Å²) in [5.41, 5.74) is -2.65. The topological polar surface area (TPSA) is 121 Å². The molecule has 0 radical (unpaired) electrons. The van der Waals surface area contributed by atoms with E-state index >= 15 is 0 Å². The van der Waals surface area contributed by atoms with Crippen LogP contribution in [0.4, 0.5) is 0 Å². The van der Waals surface area contributed by atoms with Crippen molar-refractivity contribution in [2.45, 2.75) is 110 Å². The maximum absolute atomic E-state index is 12.3. The molecule has 3 N–H and O–H groups in total. The minimum atomic E-state index is -2.65. The average molecular weight is 403 g/mol. The van der Waals surface area contributed by atoms with Crippen LogP contribution in [0.25, 0.3) is 0 Å². The van der Waals surface area contributed by atoms with Crippen molar-refractivity contribution >= 4 is 17.9 Å². The number of unbranched alkanes of at least 4 members (excludes halogenated alkanes) is 6. The van der Waals surface area contributed by atoms with Gasteiger partial charge in [-0.1, -0.05) is 65.7 Å². The molecule has 0 aromatic heterocycles. The lowest BCUT2D eigenvalue weighted by molar-refractivity contribution is -0.174. The molecule has 0 rings (SSSR count). The van der Waals surface area contributed by atoms with E-state index in [0.717, 1.165) is 57.8 Å². The largest absolute Gasteiger partial charge is 0.481 e. The van der Waals surface area contributed by atoms with Crippen LogP contribution in [0.15, 0.2) is 0 Å². The third kappa shape index (κ3) is 11.3. The summed E-state index contributed by atoms with van der Waals surface area (Å²) in [7, 11) is 0. The highest BCUT2D eigenvalue weighted by Crippen LogP contribution is 2.24. The van der Waals surface area contributed by atoms with Crippen molar-refractivity contribution in [3.8, 4) is 0 Å². The number of rotatable bonds is 17. The van der Waals surface area contributed by atoms with E-state index < -0.39 is 36.4 Å². The maximum Gasteiger partial charge on any atom is 0.336 e. The number of hydrogen-bond donors (Lipinski definition) is 3. The highest BCUT2D eigenvalue weighted by atomic mass is 16.5. The van der Waals surface area contributed by atoms with Gasteiger partial charge < -0.3 is 20.1 Å². The van der Waals surface area contributed by atoms with E-state index in [1.165, 1.54) is 0 Å². The first-order valence-electron chi connectivity index (χ1n) is 10.5. The second-order valence-corrected chi connectivity index (χ2v) is 7.79. The normalized spacial score (nSPS) is 15.4. The first-order valence-corrected chi connectivity index (χ1v) is 10.5. The van der Waals surface area contributed by atoms with Crippen molar-refractivity contribution in [3.05, 3.63) is 0 Å². The molecule has 0 heterocycles. The summed E-state index contributed by atoms with van der Waals surface area (Å²) in [5, 5.41) is 28.0. The molecule has 0 aromatic rings. The number of aliphatic hydroxyl groups is 1. The summed E-state index contributed by atoms with van der Waals surface area (Å²) in [6, 6.07) is 0. The number of carbonyl (C=O) groups excluding carboxylic acids is 1. The minimum absolute atomic E-state index is 0.125. The Bertz CT molecular complexity index is 477. The van der Waals surface area contributed by atoms with Gasteiger partial charge in [-0.25, -0.2) is 4.79 Å². The Kier molecular flexibility index (Phi) is 13.5. The smallest absolute Gasteiger partial charge is 0.336 e. The van der Waals surface area contributed by atoms with Gasteiger partial charge in [0.05, 0.1) is 12.8 Å². The monoisotopic (exact) mass is 402 g/mol. The second kappa shape index (κ2) is 14.4. The molecule has 0 aliphatic carbocycles. The van der Waals surface area contributed by atoms with Gasteiger partial charge in [-0.15, -0.1) is 0 Å². The fourth-order valence-electron chi connectivity index (χ4n) is 3.22. The lowest BCUT2D eigenvalue weighted by atomic mass is 9.92. The predicted octanol–water partition coefficient (Wildman–Crippen LogP) is 4.16. The van der Waals surface area contributed by atoms with E-state index in [1.54, 1.807) is 0 Å². The molecule has 0 bridgehead atoms. The van der Waals surface area contributed by atoms with E-state index in [2.05, 4.69) is 13.8 Å². The molecule has 0 saturated heterocycles. The van der Waals surface area contributed by atoms with E-state index in [-0.39, 0.29) is 12.0 Å². The molecule has 3 atom stereocenters. The molecule has 7 heteroatoms. The van der Waals surface area contributed by atoms with Crippen LogP contribution >= 0.6 is 0 Å². The van der Waals surface area contributed by atoms with Crippen LogP contribution in [0.5, 0.6) is 0 Å².